The summed E-state index contributed by atoms with van der Waals surface area (Å²) >= 11 is 0. The van der Waals surface area contributed by atoms with Gasteiger partial charge in [-0.2, -0.15) is 0 Å². The van der Waals surface area contributed by atoms with E-state index in [9.17, 15) is 9.90 Å². The number of hydrogen-bond donors (Lipinski definition) is 1. The number of aromatic nitrogens is 4. The number of carbonyl (C=O) groups is 1. The molecule has 2 aliphatic rings. The second-order valence-corrected chi connectivity index (χ2v) is 10.0. The minimum absolute atomic E-state index is 0.308. The van der Waals surface area contributed by atoms with E-state index in [-0.39, 0.29) is 17.7 Å². The van der Waals surface area contributed by atoms with E-state index in [4.69, 9.17) is 14.5 Å². The molecule has 2 aliphatic heterocycles. The third kappa shape index (κ3) is 3.81. The number of methoxy groups -OCH3 is 1. The van der Waals surface area contributed by atoms with Crippen LogP contribution in [0.1, 0.15) is 49.9 Å². The Balaban J connectivity index is 1.68. The zero-order valence-electron chi connectivity index (χ0n) is 19.9. The number of carboxylic acids is 1. The molecule has 0 saturated heterocycles. The van der Waals surface area contributed by atoms with Crippen LogP contribution in [0.4, 0.5) is 0 Å². The van der Waals surface area contributed by atoms with Crippen molar-refractivity contribution in [1.29, 1.82) is 0 Å². The monoisotopic (exact) mass is 461 g/mol. The molecular weight excluding hydrogens is 434 g/mol. The minimum Gasteiger partial charge on any atom is -0.493 e. The van der Waals surface area contributed by atoms with Crippen LogP contribution < -0.4 is 9.47 Å². The largest absolute Gasteiger partial charge is 0.493 e. The fraction of sp³-hybridized carbons (Fsp3) is 0.400. The highest BCUT2D eigenvalue weighted by Gasteiger charge is 2.39. The van der Waals surface area contributed by atoms with Crippen molar-refractivity contribution in [1.82, 2.24) is 20.2 Å². The number of tetrazole rings is 1. The van der Waals surface area contributed by atoms with Gasteiger partial charge in [-0.1, -0.05) is 18.2 Å². The smallest absolute Gasteiger partial charge is 0.325 e. The zero-order valence-corrected chi connectivity index (χ0v) is 19.9. The lowest BCUT2D eigenvalue weighted by atomic mass is 9.80. The molecule has 9 nitrogen and oxygen atoms in total. The van der Waals surface area contributed by atoms with Crippen molar-refractivity contribution < 1.29 is 19.4 Å². The normalized spacial score (nSPS) is 17.4. The number of benzene rings is 2. The molecule has 34 heavy (non-hydrogen) atoms. The lowest BCUT2D eigenvalue weighted by Crippen LogP contribution is -2.30. The zero-order chi connectivity index (χ0) is 24.3. The number of aliphatic carboxylic acids is 1. The van der Waals surface area contributed by atoms with Gasteiger partial charge in [0, 0.05) is 28.7 Å². The summed E-state index contributed by atoms with van der Waals surface area (Å²) in [5.74, 6) is 0.909. The van der Waals surface area contributed by atoms with Gasteiger partial charge in [-0.15, -0.1) is 5.10 Å². The van der Waals surface area contributed by atoms with E-state index in [1.807, 2.05) is 24.3 Å². The highest BCUT2D eigenvalue weighted by molar-refractivity contribution is 6.16. The third-order valence-corrected chi connectivity index (χ3v) is 6.11. The summed E-state index contributed by atoms with van der Waals surface area (Å²) in [6.45, 7) is 8.07. The van der Waals surface area contributed by atoms with Crippen LogP contribution in [0.2, 0.25) is 0 Å². The van der Waals surface area contributed by atoms with Crippen molar-refractivity contribution in [2.24, 2.45) is 4.99 Å². The van der Waals surface area contributed by atoms with E-state index < -0.39 is 5.97 Å². The number of ether oxygens (including phenoxy) is 2. The van der Waals surface area contributed by atoms with Crippen LogP contribution in [-0.2, 0) is 24.2 Å². The lowest BCUT2D eigenvalue weighted by molar-refractivity contribution is -0.137. The van der Waals surface area contributed by atoms with Gasteiger partial charge in [-0.25, -0.2) is 4.68 Å². The van der Waals surface area contributed by atoms with Gasteiger partial charge in [0.05, 0.1) is 18.4 Å². The summed E-state index contributed by atoms with van der Waals surface area (Å²) in [6, 6.07) is 9.83. The van der Waals surface area contributed by atoms with Crippen molar-refractivity contribution in [3.63, 3.8) is 0 Å². The molecule has 0 aliphatic carbocycles. The van der Waals surface area contributed by atoms with E-state index in [1.165, 1.54) is 10.2 Å². The average molecular weight is 462 g/mol. The van der Waals surface area contributed by atoms with Gasteiger partial charge in [0.2, 0.25) is 0 Å². The van der Waals surface area contributed by atoms with Crippen molar-refractivity contribution in [3.8, 4) is 22.9 Å². The van der Waals surface area contributed by atoms with Crippen LogP contribution in [0.15, 0.2) is 35.3 Å². The summed E-state index contributed by atoms with van der Waals surface area (Å²) in [5, 5.41) is 20.8. The fourth-order valence-corrected chi connectivity index (χ4v) is 4.88. The molecule has 0 spiro atoms. The molecule has 3 heterocycles. The van der Waals surface area contributed by atoms with Crippen molar-refractivity contribution in [2.45, 2.75) is 58.2 Å². The van der Waals surface area contributed by atoms with E-state index in [0.717, 1.165) is 52.3 Å². The Kier molecular flexibility index (Phi) is 4.96. The Morgan fingerprint density at radius 1 is 1.18 bits per heavy atom. The van der Waals surface area contributed by atoms with E-state index in [1.54, 1.807) is 7.11 Å². The number of rotatable bonds is 5. The van der Waals surface area contributed by atoms with Gasteiger partial charge in [0.25, 0.3) is 0 Å². The first-order valence-electron chi connectivity index (χ1n) is 11.2. The summed E-state index contributed by atoms with van der Waals surface area (Å²) in [7, 11) is 1.67. The fourth-order valence-electron chi connectivity index (χ4n) is 4.88. The molecule has 0 atom stereocenters. The first-order chi connectivity index (χ1) is 16.1. The topological polar surface area (TPSA) is 112 Å². The Morgan fingerprint density at radius 2 is 1.94 bits per heavy atom. The second kappa shape index (κ2) is 7.65. The predicted octanol–water partition coefficient (Wildman–Crippen LogP) is 3.32. The first kappa shape index (κ1) is 22.1. The number of fused-ring (bicyclic) bond motifs is 3. The summed E-state index contributed by atoms with van der Waals surface area (Å²) in [6.07, 6.45) is 1.53. The van der Waals surface area contributed by atoms with E-state index >= 15 is 0 Å². The van der Waals surface area contributed by atoms with Crippen molar-refractivity contribution >= 4 is 11.7 Å². The number of carboxylic acid groups (broad SMARTS) is 1. The highest BCUT2D eigenvalue weighted by atomic mass is 16.5. The number of nitrogens with zero attached hydrogens (tertiary/aromatic N) is 5. The summed E-state index contributed by atoms with van der Waals surface area (Å²) in [5.41, 5.74) is 5.23. The highest BCUT2D eigenvalue weighted by Crippen LogP contribution is 2.47. The second-order valence-electron chi connectivity index (χ2n) is 10.0. The molecule has 9 heteroatoms. The van der Waals surface area contributed by atoms with Gasteiger partial charge in [0.15, 0.2) is 17.3 Å². The van der Waals surface area contributed by atoms with Crippen LogP contribution in [-0.4, -0.2) is 55.2 Å². The third-order valence-electron chi connectivity index (χ3n) is 6.11. The standard InChI is InChI=1S/C25H27N5O4/c1-24(2)11-16-10-18(33-5)22-17(12-25(3,4)34-22)20(16)21(26-24)14-7-6-8-15(9-14)23-27-28-29-30(23)13-19(31)32/h6-10H,11-13H2,1-5H3,(H,31,32). The maximum atomic E-state index is 11.2. The van der Waals surface area contributed by atoms with E-state index in [0.29, 0.717) is 5.82 Å². The Hall–Kier alpha value is -3.75. The Bertz CT molecular complexity index is 1340. The molecule has 3 aromatic rings. The minimum atomic E-state index is -1.01. The summed E-state index contributed by atoms with van der Waals surface area (Å²) < 4.78 is 13.3. The Labute approximate surface area is 197 Å². The van der Waals surface area contributed by atoms with Gasteiger partial charge in [0.1, 0.15) is 12.1 Å². The van der Waals surface area contributed by atoms with Crippen LogP contribution in [0.3, 0.4) is 0 Å². The van der Waals surface area contributed by atoms with Crippen LogP contribution in [0.5, 0.6) is 11.5 Å². The van der Waals surface area contributed by atoms with Gasteiger partial charge in [-0.3, -0.25) is 9.79 Å². The maximum absolute atomic E-state index is 11.2. The number of hydrogen-bond acceptors (Lipinski definition) is 7. The molecule has 0 saturated carbocycles. The van der Waals surface area contributed by atoms with Gasteiger partial charge in [-0.05, 0) is 62.2 Å². The molecule has 0 fully saturated rings. The van der Waals surface area contributed by atoms with Gasteiger partial charge < -0.3 is 14.6 Å². The predicted molar refractivity (Wildman–Crippen MR) is 126 cm³/mol. The average Bonchev–Trinajstić information content (AvgIpc) is 3.34. The van der Waals surface area contributed by atoms with Crippen LogP contribution in [0.25, 0.3) is 11.4 Å². The number of aliphatic imine (C=N–C) groups is 1. The van der Waals surface area contributed by atoms with E-state index in [2.05, 4.69) is 49.3 Å². The quantitative estimate of drug-likeness (QED) is 0.620. The Morgan fingerprint density at radius 3 is 2.68 bits per heavy atom. The molecule has 0 amide bonds. The summed E-state index contributed by atoms with van der Waals surface area (Å²) in [4.78, 5) is 16.4. The molecule has 0 bridgehead atoms. The maximum Gasteiger partial charge on any atom is 0.325 e. The molecule has 176 valence electrons. The van der Waals surface area contributed by atoms with Crippen molar-refractivity contribution in [2.75, 3.05) is 7.11 Å². The molecule has 5 rings (SSSR count). The van der Waals surface area contributed by atoms with Crippen LogP contribution >= 0.6 is 0 Å². The SMILES string of the molecule is COc1cc2c(c3c1OC(C)(C)C3)C(c1cccc(-c3nnnn3CC(=O)O)c1)=NC(C)(C)C2. The van der Waals surface area contributed by atoms with Crippen molar-refractivity contribution in [3.05, 3.63) is 52.6 Å². The molecular formula is C25H27N5O4. The van der Waals surface area contributed by atoms with Crippen LogP contribution in [0, 0.1) is 0 Å². The molecule has 1 aromatic heterocycles. The first-order valence-corrected chi connectivity index (χ1v) is 11.2. The molecule has 1 N–H and O–H groups in total. The lowest BCUT2D eigenvalue weighted by Gasteiger charge is -2.31. The molecule has 0 unspecified atom stereocenters. The van der Waals surface area contributed by atoms with Gasteiger partial charge >= 0.3 is 5.97 Å². The molecule has 2 aromatic carbocycles. The molecule has 0 radical (unpaired) electrons.